The molecule has 0 fully saturated rings. The van der Waals surface area contributed by atoms with Crippen LogP contribution in [0.1, 0.15) is 19.3 Å². The van der Waals surface area contributed by atoms with Gasteiger partial charge in [-0.3, -0.25) is 0 Å². The lowest BCUT2D eigenvalue weighted by molar-refractivity contribution is 1.26. The molecule has 0 atom stereocenters. The van der Waals surface area contributed by atoms with Crippen molar-refractivity contribution in [3.05, 3.63) is 67.2 Å². The average molecular weight is 185 g/mol. The van der Waals surface area contributed by atoms with E-state index in [0.29, 0.717) is 0 Å². The molecule has 1 rings (SSSR count). The molecule has 0 aromatic heterocycles. The molecule has 0 amide bonds. The summed E-state index contributed by atoms with van der Waals surface area (Å²) in [6, 6.07) is 0. The lowest BCUT2D eigenvalue weighted by Crippen LogP contribution is -1.67. The second-order valence-corrected chi connectivity index (χ2v) is 3.08. The SMILES string of the molecule is [CH]1/C=C/C/C=C/C=C\C/C=C\C=C\C1. The van der Waals surface area contributed by atoms with Crippen LogP contribution in [0.4, 0.5) is 0 Å². The molecule has 0 saturated heterocycles. The van der Waals surface area contributed by atoms with Crippen LogP contribution in [0.25, 0.3) is 0 Å². The molecule has 0 bridgehead atoms. The molecule has 73 valence electrons. The van der Waals surface area contributed by atoms with Gasteiger partial charge in [0.05, 0.1) is 0 Å². The van der Waals surface area contributed by atoms with Gasteiger partial charge in [-0.25, -0.2) is 0 Å². The highest BCUT2D eigenvalue weighted by atomic mass is 13.8. The molecule has 0 spiro atoms. The second kappa shape index (κ2) is 8.31. The van der Waals surface area contributed by atoms with Crippen LogP contribution in [0.3, 0.4) is 0 Å². The third-order valence-corrected chi connectivity index (χ3v) is 1.86. The van der Waals surface area contributed by atoms with Crippen LogP contribution in [0.2, 0.25) is 0 Å². The van der Waals surface area contributed by atoms with Crippen molar-refractivity contribution in [3.8, 4) is 0 Å². The van der Waals surface area contributed by atoms with Gasteiger partial charge in [0.1, 0.15) is 0 Å². The van der Waals surface area contributed by atoms with Gasteiger partial charge in [0, 0.05) is 0 Å². The van der Waals surface area contributed by atoms with E-state index in [4.69, 9.17) is 0 Å². The van der Waals surface area contributed by atoms with Crippen LogP contribution in [-0.4, -0.2) is 0 Å². The van der Waals surface area contributed by atoms with Gasteiger partial charge in [-0.15, -0.1) is 0 Å². The Morgan fingerprint density at radius 3 is 1.43 bits per heavy atom. The van der Waals surface area contributed by atoms with E-state index in [1.165, 1.54) is 0 Å². The van der Waals surface area contributed by atoms with Crippen LogP contribution < -0.4 is 0 Å². The molecule has 1 aliphatic rings. The van der Waals surface area contributed by atoms with Crippen molar-refractivity contribution < 1.29 is 0 Å². The van der Waals surface area contributed by atoms with E-state index >= 15 is 0 Å². The second-order valence-electron chi connectivity index (χ2n) is 3.08. The van der Waals surface area contributed by atoms with Crippen molar-refractivity contribution in [2.75, 3.05) is 0 Å². The lowest BCUT2D eigenvalue weighted by atomic mass is 10.2. The van der Waals surface area contributed by atoms with E-state index in [-0.39, 0.29) is 0 Å². The predicted molar refractivity (Wildman–Crippen MR) is 63.9 cm³/mol. The first-order valence-electron chi connectivity index (χ1n) is 5.12. The molecule has 0 aliphatic heterocycles. The molecule has 0 nitrogen and oxygen atoms in total. The third kappa shape index (κ3) is 6.24. The maximum absolute atomic E-state index is 2.17. The van der Waals surface area contributed by atoms with Gasteiger partial charge in [-0.2, -0.15) is 0 Å². The van der Waals surface area contributed by atoms with Crippen LogP contribution >= 0.6 is 0 Å². The molecule has 0 heteroatoms. The molecule has 0 N–H and O–H groups in total. The van der Waals surface area contributed by atoms with Crippen molar-refractivity contribution in [1.29, 1.82) is 0 Å². The summed E-state index contributed by atoms with van der Waals surface area (Å²) in [5.41, 5.74) is 0. The molecular weight excluding hydrogens is 168 g/mol. The Hall–Kier alpha value is -1.30. The first kappa shape index (κ1) is 10.8. The minimum Gasteiger partial charge on any atom is -0.0844 e. The molecule has 0 unspecified atom stereocenters. The number of allylic oxidation sites excluding steroid dienone is 10. The fourth-order valence-electron chi connectivity index (χ4n) is 1.12. The van der Waals surface area contributed by atoms with Crippen molar-refractivity contribution in [1.82, 2.24) is 0 Å². The van der Waals surface area contributed by atoms with Crippen LogP contribution in [0.15, 0.2) is 60.8 Å². The topological polar surface area (TPSA) is 0 Å². The number of hydrogen-bond donors (Lipinski definition) is 0. The highest BCUT2D eigenvalue weighted by Gasteiger charge is 1.77. The van der Waals surface area contributed by atoms with Crippen molar-refractivity contribution in [2.45, 2.75) is 19.3 Å². The Morgan fingerprint density at radius 2 is 0.857 bits per heavy atom. The molecule has 0 heterocycles. The Bertz CT molecular complexity index is 262. The first-order chi connectivity index (χ1) is 7.00. The monoisotopic (exact) mass is 185 g/mol. The van der Waals surface area contributed by atoms with E-state index in [9.17, 15) is 0 Å². The van der Waals surface area contributed by atoms with Gasteiger partial charge in [-0.05, 0) is 25.7 Å². The molecule has 14 heavy (non-hydrogen) atoms. The zero-order valence-corrected chi connectivity index (χ0v) is 8.47. The van der Waals surface area contributed by atoms with E-state index in [2.05, 4.69) is 67.2 Å². The molecule has 0 aromatic carbocycles. The Morgan fingerprint density at radius 1 is 0.429 bits per heavy atom. The third-order valence-electron chi connectivity index (χ3n) is 1.86. The van der Waals surface area contributed by atoms with Gasteiger partial charge >= 0.3 is 0 Å². The van der Waals surface area contributed by atoms with Gasteiger partial charge < -0.3 is 0 Å². The summed E-state index contributed by atoms with van der Waals surface area (Å²) in [6.07, 6.45) is 26.5. The Kier molecular flexibility index (Phi) is 6.39. The van der Waals surface area contributed by atoms with Crippen molar-refractivity contribution >= 4 is 0 Å². The summed E-state index contributed by atoms with van der Waals surface area (Å²) in [7, 11) is 0. The quantitative estimate of drug-likeness (QED) is 0.531. The van der Waals surface area contributed by atoms with Gasteiger partial charge in [-0.1, -0.05) is 60.8 Å². The van der Waals surface area contributed by atoms with Crippen LogP contribution in [0, 0.1) is 6.42 Å². The molecule has 0 saturated carbocycles. The summed E-state index contributed by atoms with van der Waals surface area (Å²) in [5, 5.41) is 0. The first-order valence-corrected chi connectivity index (χ1v) is 5.12. The van der Waals surface area contributed by atoms with E-state index < -0.39 is 0 Å². The fraction of sp³-hybridized carbons (Fsp3) is 0.214. The highest BCUT2D eigenvalue weighted by molar-refractivity contribution is 5.12. The van der Waals surface area contributed by atoms with Crippen molar-refractivity contribution in [3.63, 3.8) is 0 Å². The van der Waals surface area contributed by atoms with Crippen LogP contribution in [0.5, 0.6) is 0 Å². The summed E-state index contributed by atoms with van der Waals surface area (Å²) in [6.45, 7) is 0. The standard InChI is InChI=1S/C14H17/c1-2-4-6-8-10-12-14-13-11-9-7-5-3-1/h1-4,7-13H,5-6,14H2/b3-1-,4-2+,9-7-,10-8+,13-11+. The summed E-state index contributed by atoms with van der Waals surface area (Å²) in [4.78, 5) is 0. The average Bonchev–Trinajstić information content (AvgIpc) is 2.22. The smallest absolute Gasteiger partial charge is 0.0133 e. The minimum absolute atomic E-state index is 1.01. The van der Waals surface area contributed by atoms with E-state index in [1.54, 1.807) is 0 Å². The zero-order chi connectivity index (χ0) is 9.90. The van der Waals surface area contributed by atoms with Crippen molar-refractivity contribution in [2.24, 2.45) is 0 Å². The van der Waals surface area contributed by atoms with E-state index in [0.717, 1.165) is 19.3 Å². The molecule has 1 radical (unpaired) electrons. The Balaban J connectivity index is 2.45. The minimum atomic E-state index is 1.01. The normalized spacial score (nSPS) is 29.7. The van der Waals surface area contributed by atoms with E-state index in [1.807, 2.05) is 0 Å². The fourth-order valence-corrected chi connectivity index (χ4v) is 1.12. The summed E-state index contributed by atoms with van der Waals surface area (Å²) >= 11 is 0. The molecular formula is C14H17. The summed E-state index contributed by atoms with van der Waals surface area (Å²) < 4.78 is 0. The molecule has 1 aliphatic carbocycles. The zero-order valence-electron chi connectivity index (χ0n) is 8.47. The summed E-state index contributed by atoms with van der Waals surface area (Å²) in [5.74, 6) is 0. The largest absolute Gasteiger partial charge is 0.0844 e. The number of hydrogen-bond acceptors (Lipinski definition) is 0. The Labute approximate surface area is 87.0 Å². The molecule has 0 aromatic rings. The lowest BCUT2D eigenvalue weighted by Gasteiger charge is -1.86. The maximum Gasteiger partial charge on any atom is -0.0133 e. The number of rotatable bonds is 0. The van der Waals surface area contributed by atoms with Gasteiger partial charge in [0.25, 0.3) is 0 Å². The predicted octanol–water partition coefficient (Wildman–Crippen LogP) is 4.16. The maximum atomic E-state index is 2.17. The van der Waals surface area contributed by atoms with Gasteiger partial charge in [0.15, 0.2) is 0 Å². The van der Waals surface area contributed by atoms with Crippen LogP contribution in [-0.2, 0) is 0 Å². The van der Waals surface area contributed by atoms with Gasteiger partial charge in [0.2, 0.25) is 0 Å². The highest BCUT2D eigenvalue weighted by Crippen LogP contribution is 1.96.